The summed E-state index contributed by atoms with van der Waals surface area (Å²) in [6, 6.07) is 0.741. The van der Waals surface area contributed by atoms with Crippen molar-refractivity contribution in [1.29, 1.82) is 0 Å². The van der Waals surface area contributed by atoms with E-state index in [0.717, 1.165) is 12.8 Å². The van der Waals surface area contributed by atoms with E-state index in [-0.39, 0.29) is 12.0 Å². The second-order valence-electron chi connectivity index (χ2n) is 4.82. The first-order chi connectivity index (χ1) is 7.02. The van der Waals surface area contributed by atoms with Gasteiger partial charge in [0.15, 0.2) is 0 Å². The first kappa shape index (κ1) is 12.5. The van der Waals surface area contributed by atoms with Crippen LogP contribution in [0.4, 0.5) is 0 Å². The highest BCUT2D eigenvalue weighted by Gasteiger charge is 2.28. The minimum atomic E-state index is -0.371. The van der Waals surface area contributed by atoms with Crippen molar-refractivity contribution in [1.82, 2.24) is 4.90 Å². The number of carbonyl (C=O) groups excluding carboxylic acids is 1. The van der Waals surface area contributed by atoms with Gasteiger partial charge in [-0.2, -0.15) is 0 Å². The molecular formula is C12H23NO2. The van der Waals surface area contributed by atoms with Crippen molar-refractivity contribution in [2.75, 3.05) is 0 Å². The van der Waals surface area contributed by atoms with Crippen LogP contribution in [0, 0.1) is 0 Å². The standard InChI is InChI=1S/C12H23NO2/c1-9-5-4-6-10(2)13(9)12(15)8-7-11(3)14/h9-11,14H,4-8H2,1-3H3. The Bertz CT molecular complexity index is 206. The number of amides is 1. The molecule has 0 aromatic heterocycles. The van der Waals surface area contributed by atoms with Crippen LogP contribution in [-0.4, -0.2) is 34.1 Å². The lowest BCUT2D eigenvalue weighted by Gasteiger charge is -2.39. The molecule has 1 aliphatic rings. The van der Waals surface area contributed by atoms with Crippen molar-refractivity contribution in [3.05, 3.63) is 0 Å². The summed E-state index contributed by atoms with van der Waals surface area (Å²) >= 11 is 0. The molecule has 1 saturated heterocycles. The van der Waals surface area contributed by atoms with Crippen LogP contribution in [0.1, 0.15) is 52.9 Å². The van der Waals surface area contributed by atoms with Gasteiger partial charge in [0.2, 0.25) is 5.91 Å². The second kappa shape index (κ2) is 5.50. The first-order valence-corrected chi connectivity index (χ1v) is 6.01. The van der Waals surface area contributed by atoms with Gasteiger partial charge in [0, 0.05) is 18.5 Å². The number of aliphatic hydroxyl groups is 1. The number of rotatable bonds is 3. The Morgan fingerprint density at radius 2 is 1.93 bits per heavy atom. The number of likely N-dealkylation sites (tertiary alicyclic amines) is 1. The normalized spacial score (nSPS) is 28.9. The van der Waals surface area contributed by atoms with Crippen molar-refractivity contribution < 1.29 is 9.90 Å². The first-order valence-electron chi connectivity index (χ1n) is 6.01. The minimum Gasteiger partial charge on any atom is -0.393 e. The van der Waals surface area contributed by atoms with Crippen LogP contribution in [0.25, 0.3) is 0 Å². The van der Waals surface area contributed by atoms with E-state index in [1.807, 2.05) is 4.90 Å². The fourth-order valence-electron chi connectivity index (χ4n) is 2.37. The van der Waals surface area contributed by atoms with Crippen LogP contribution < -0.4 is 0 Å². The van der Waals surface area contributed by atoms with Crippen molar-refractivity contribution >= 4 is 5.91 Å². The molecule has 3 heteroatoms. The summed E-state index contributed by atoms with van der Waals surface area (Å²) in [5.41, 5.74) is 0. The molecule has 1 fully saturated rings. The number of piperidine rings is 1. The number of nitrogens with zero attached hydrogens (tertiary/aromatic N) is 1. The number of aliphatic hydroxyl groups excluding tert-OH is 1. The Morgan fingerprint density at radius 1 is 1.40 bits per heavy atom. The zero-order valence-electron chi connectivity index (χ0n) is 10.1. The zero-order valence-corrected chi connectivity index (χ0v) is 10.1. The highest BCUT2D eigenvalue weighted by molar-refractivity contribution is 5.77. The van der Waals surface area contributed by atoms with Gasteiger partial charge in [-0.1, -0.05) is 0 Å². The smallest absolute Gasteiger partial charge is 0.223 e. The maximum atomic E-state index is 11.9. The van der Waals surface area contributed by atoms with Gasteiger partial charge in [0.1, 0.15) is 0 Å². The van der Waals surface area contributed by atoms with Gasteiger partial charge in [-0.05, 0) is 46.5 Å². The average molecular weight is 213 g/mol. The fourth-order valence-corrected chi connectivity index (χ4v) is 2.37. The van der Waals surface area contributed by atoms with Crippen molar-refractivity contribution in [3.63, 3.8) is 0 Å². The van der Waals surface area contributed by atoms with Gasteiger partial charge in [0.25, 0.3) is 0 Å². The maximum Gasteiger partial charge on any atom is 0.223 e. The SMILES string of the molecule is CC(O)CCC(=O)N1C(C)CCCC1C. The van der Waals surface area contributed by atoms with Gasteiger partial charge in [0.05, 0.1) is 6.10 Å². The Hall–Kier alpha value is -0.570. The molecule has 88 valence electrons. The van der Waals surface area contributed by atoms with E-state index >= 15 is 0 Å². The molecule has 3 atom stereocenters. The van der Waals surface area contributed by atoms with Crippen LogP contribution in [0.5, 0.6) is 0 Å². The number of carbonyl (C=O) groups is 1. The third kappa shape index (κ3) is 3.49. The van der Waals surface area contributed by atoms with Gasteiger partial charge in [-0.15, -0.1) is 0 Å². The molecule has 1 heterocycles. The molecule has 0 aromatic carbocycles. The van der Waals surface area contributed by atoms with E-state index in [1.165, 1.54) is 6.42 Å². The molecule has 1 aliphatic heterocycles. The Morgan fingerprint density at radius 3 is 2.40 bits per heavy atom. The van der Waals surface area contributed by atoms with Crippen molar-refractivity contribution in [2.24, 2.45) is 0 Å². The van der Waals surface area contributed by atoms with E-state index in [9.17, 15) is 4.79 Å². The lowest BCUT2D eigenvalue weighted by atomic mass is 9.97. The Labute approximate surface area is 92.5 Å². The van der Waals surface area contributed by atoms with Crippen LogP contribution in [0.15, 0.2) is 0 Å². The summed E-state index contributed by atoms with van der Waals surface area (Å²) in [5, 5.41) is 9.16. The molecule has 3 nitrogen and oxygen atoms in total. The van der Waals surface area contributed by atoms with Gasteiger partial charge < -0.3 is 10.0 Å². The van der Waals surface area contributed by atoms with E-state index in [2.05, 4.69) is 13.8 Å². The van der Waals surface area contributed by atoms with Crippen LogP contribution in [0.2, 0.25) is 0 Å². The molecule has 3 unspecified atom stereocenters. The topological polar surface area (TPSA) is 40.5 Å². The Kier molecular flexibility index (Phi) is 4.58. The molecule has 0 saturated carbocycles. The van der Waals surface area contributed by atoms with Gasteiger partial charge in [-0.3, -0.25) is 4.79 Å². The van der Waals surface area contributed by atoms with E-state index in [4.69, 9.17) is 5.11 Å². The van der Waals surface area contributed by atoms with Crippen molar-refractivity contribution in [2.45, 2.75) is 71.1 Å². The summed E-state index contributed by atoms with van der Waals surface area (Å²) in [5.74, 6) is 0.204. The molecule has 1 N–H and O–H groups in total. The molecule has 1 rings (SSSR count). The quantitative estimate of drug-likeness (QED) is 0.778. The molecular weight excluding hydrogens is 190 g/mol. The molecule has 0 aromatic rings. The monoisotopic (exact) mass is 213 g/mol. The molecule has 15 heavy (non-hydrogen) atoms. The van der Waals surface area contributed by atoms with E-state index < -0.39 is 0 Å². The van der Waals surface area contributed by atoms with E-state index in [1.54, 1.807) is 6.92 Å². The summed E-state index contributed by atoms with van der Waals surface area (Å²) in [4.78, 5) is 13.9. The predicted molar refractivity (Wildman–Crippen MR) is 60.5 cm³/mol. The largest absolute Gasteiger partial charge is 0.393 e. The van der Waals surface area contributed by atoms with Gasteiger partial charge in [-0.25, -0.2) is 0 Å². The predicted octanol–water partition coefficient (Wildman–Crippen LogP) is 1.94. The van der Waals surface area contributed by atoms with Gasteiger partial charge >= 0.3 is 0 Å². The zero-order chi connectivity index (χ0) is 11.4. The Balaban J connectivity index is 2.48. The average Bonchev–Trinajstić information content (AvgIpc) is 2.14. The molecule has 1 amide bonds. The highest BCUT2D eigenvalue weighted by atomic mass is 16.3. The van der Waals surface area contributed by atoms with Crippen molar-refractivity contribution in [3.8, 4) is 0 Å². The fraction of sp³-hybridized carbons (Fsp3) is 0.917. The lowest BCUT2D eigenvalue weighted by molar-refractivity contribution is -0.137. The number of hydrogen-bond donors (Lipinski definition) is 1. The summed E-state index contributed by atoms with van der Waals surface area (Å²) in [6.07, 6.45) is 4.14. The summed E-state index contributed by atoms with van der Waals surface area (Å²) < 4.78 is 0. The van der Waals surface area contributed by atoms with Crippen LogP contribution in [-0.2, 0) is 4.79 Å². The summed E-state index contributed by atoms with van der Waals surface area (Å²) in [6.45, 7) is 5.97. The molecule has 0 radical (unpaired) electrons. The molecule has 0 spiro atoms. The second-order valence-corrected chi connectivity index (χ2v) is 4.82. The third-order valence-electron chi connectivity index (χ3n) is 3.26. The lowest BCUT2D eigenvalue weighted by Crippen LogP contribution is -2.47. The molecule has 0 bridgehead atoms. The van der Waals surface area contributed by atoms with Crippen LogP contribution in [0.3, 0.4) is 0 Å². The number of hydrogen-bond acceptors (Lipinski definition) is 2. The third-order valence-corrected chi connectivity index (χ3v) is 3.26. The minimum absolute atomic E-state index is 0.204. The van der Waals surface area contributed by atoms with Crippen LogP contribution >= 0.6 is 0 Å². The van der Waals surface area contributed by atoms with E-state index in [0.29, 0.717) is 24.9 Å². The summed E-state index contributed by atoms with van der Waals surface area (Å²) in [7, 11) is 0. The highest BCUT2D eigenvalue weighted by Crippen LogP contribution is 2.23. The molecule has 0 aliphatic carbocycles. The maximum absolute atomic E-state index is 11.9.